The maximum atomic E-state index is 12.0. The Morgan fingerprint density at radius 2 is 1.84 bits per heavy atom. The van der Waals surface area contributed by atoms with Crippen molar-refractivity contribution in [2.24, 2.45) is 0 Å². The van der Waals surface area contributed by atoms with Crippen LogP contribution in [0.3, 0.4) is 0 Å². The molecular formula is C19H25N3O3. The second-order valence-electron chi connectivity index (χ2n) is 5.83. The molecule has 0 atom stereocenters. The van der Waals surface area contributed by atoms with Crippen LogP contribution in [-0.4, -0.2) is 37.0 Å². The molecule has 3 N–H and O–H groups in total. The number of nitrogens with one attached hydrogen (secondary N) is 3. The monoisotopic (exact) mass is 343 g/mol. The Labute approximate surface area is 148 Å². The number of hydrogen-bond acceptors (Lipinski definition) is 3. The number of aromatic nitrogens is 1. The number of hydrogen-bond donors (Lipinski definition) is 3. The van der Waals surface area contributed by atoms with Gasteiger partial charge in [-0.2, -0.15) is 0 Å². The van der Waals surface area contributed by atoms with Crippen molar-refractivity contribution < 1.29 is 14.3 Å². The number of aryl methyl sites for hydroxylation is 2. The highest BCUT2D eigenvalue weighted by molar-refractivity contribution is 5.99. The Hall–Kier alpha value is -2.76. The van der Waals surface area contributed by atoms with Crippen LogP contribution in [0.15, 0.2) is 24.3 Å². The lowest BCUT2D eigenvalue weighted by atomic mass is 10.0. The predicted molar refractivity (Wildman–Crippen MR) is 97.3 cm³/mol. The molecule has 2 aromatic rings. The van der Waals surface area contributed by atoms with Crippen LogP contribution in [0.5, 0.6) is 5.75 Å². The molecule has 0 saturated carbocycles. The summed E-state index contributed by atoms with van der Waals surface area (Å²) in [4.78, 5) is 26.8. The molecule has 1 heterocycles. The zero-order chi connectivity index (χ0) is 18.4. The number of carbonyl (C=O) groups is 2. The van der Waals surface area contributed by atoms with Crippen molar-refractivity contribution in [1.29, 1.82) is 0 Å². The lowest BCUT2D eigenvalue weighted by molar-refractivity contribution is 0.0951. The van der Waals surface area contributed by atoms with Crippen molar-refractivity contribution in [3.05, 3.63) is 52.3 Å². The summed E-state index contributed by atoms with van der Waals surface area (Å²) in [6, 6.07) is 7.74. The highest BCUT2D eigenvalue weighted by atomic mass is 16.5. The van der Waals surface area contributed by atoms with E-state index in [1.807, 2.05) is 13.0 Å². The van der Waals surface area contributed by atoms with Crippen molar-refractivity contribution >= 4 is 11.8 Å². The van der Waals surface area contributed by atoms with Crippen LogP contribution in [0.2, 0.25) is 0 Å². The molecule has 1 aromatic heterocycles. The van der Waals surface area contributed by atoms with Gasteiger partial charge in [0.2, 0.25) is 0 Å². The fourth-order valence-corrected chi connectivity index (χ4v) is 2.73. The smallest absolute Gasteiger partial charge is 0.271 e. The molecule has 0 spiro atoms. The van der Waals surface area contributed by atoms with E-state index in [-0.39, 0.29) is 17.5 Å². The lowest BCUT2D eigenvalue weighted by Gasteiger charge is -2.11. The van der Waals surface area contributed by atoms with Crippen LogP contribution in [0.1, 0.15) is 44.6 Å². The normalized spacial score (nSPS) is 10.4. The van der Waals surface area contributed by atoms with E-state index >= 15 is 0 Å². The Morgan fingerprint density at radius 3 is 2.44 bits per heavy atom. The van der Waals surface area contributed by atoms with Crippen molar-refractivity contribution in [1.82, 2.24) is 15.6 Å². The second kappa shape index (κ2) is 8.37. The molecule has 0 bridgehead atoms. The van der Waals surface area contributed by atoms with Gasteiger partial charge in [0.25, 0.3) is 11.8 Å². The van der Waals surface area contributed by atoms with Gasteiger partial charge in [-0.15, -0.1) is 0 Å². The molecule has 134 valence electrons. The van der Waals surface area contributed by atoms with Gasteiger partial charge in [-0.1, -0.05) is 18.2 Å². The molecule has 1 aromatic carbocycles. The summed E-state index contributed by atoms with van der Waals surface area (Å²) in [6.07, 6.45) is 0.730. The largest absolute Gasteiger partial charge is 0.491 e. The first-order chi connectivity index (χ1) is 12.0. The number of benzene rings is 1. The quantitative estimate of drug-likeness (QED) is 0.722. The molecule has 2 rings (SSSR count). The van der Waals surface area contributed by atoms with Gasteiger partial charge >= 0.3 is 0 Å². The number of aromatic amines is 1. The third-order valence-electron chi connectivity index (χ3n) is 4.07. The minimum absolute atomic E-state index is 0.255. The molecule has 0 fully saturated rings. The topological polar surface area (TPSA) is 83.2 Å². The van der Waals surface area contributed by atoms with Crippen molar-refractivity contribution in [3.8, 4) is 5.75 Å². The fraction of sp³-hybridized carbons (Fsp3) is 0.368. The average molecular weight is 343 g/mol. The van der Waals surface area contributed by atoms with Gasteiger partial charge in [-0.25, -0.2) is 0 Å². The zero-order valence-corrected chi connectivity index (χ0v) is 15.2. The van der Waals surface area contributed by atoms with E-state index in [0.717, 1.165) is 6.42 Å². The van der Waals surface area contributed by atoms with Crippen LogP contribution >= 0.6 is 0 Å². The van der Waals surface area contributed by atoms with Gasteiger partial charge in [-0.05, 0) is 37.5 Å². The van der Waals surface area contributed by atoms with E-state index in [9.17, 15) is 9.59 Å². The van der Waals surface area contributed by atoms with E-state index < -0.39 is 0 Å². The highest BCUT2D eigenvalue weighted by Crippen LogP contribution is 2.21. The maximum absolute atomic E-state index is 12.0. The minimum Gasteiger partial charge on any atom is -0.491 e. The van der Waals surface area contributed by atoms with Gasteiger partial charge < -0.3 is 20.4 Å². The summed E-state index contributed by atoms with van der Waals surface area (Å²) in [5, 5.41) is 5.25. The van der Waals surface area contributed by atoms with E-state index in [4.69, 9.17) is 4.74 Å². The van der Waals surface area contributed by atoms with E-state index in [1.165, 1.54) is 23.7 Å². The number of rotatable bonds is 7. The van der Waals surface area contributed by atoms with Gasteiger partial charge in [-0.3, -0.25) is 9.59 Å². The molecule has 0 radical (unpaired) electrons. The van der Waals surface area contributed by atoms with E-state index in [2.05, 4.69) is 41.6 Å². The third kappa shape index (κ3) is 4.41. The Morgan fingerprint density at radius 1 is 1.16 bits per heavy atom. The maximum Gasteiger partial charge on any atom is 0.271 e. The molecule has 0 aliphatic rings. The van der Waals surface area contributed by atoms with Crippen LogP contribution in [0.25, 0.3) is 0 Å². The second-order valence-corrected chi connectivity index (χ2v) is 5.83. The number of ether oxygens (including phenoxy) is 1. The predicted octanol–water partition coefficient (Wildman–Crippen LogP) is 2.36. The van der Waals surface area contributed by atoms with Crippen LogP contribution in [0, 0.1) is 13.8 Å². The van der Waals surface area contributed by atoms with Crippen molar-refractivity contribution in [2.45, 2.75) is 27.2 Å². The Balaban J connectivity index is 2.14. The van der Waals surface area contributed by atoms with Gasteiger partial charge in [0.15, 0.2) is 5.75 Å². The Kier molecular flexibility index (Phi) is 6.22. The first-order valence-corrected chi connectivity index (χ1v) is 8.39. The summed E-state index contributed by atoms with van der Waals surface area (Å²) in [7, 11) is 1.54. The fourth-order valence-electron chi connectivity index (χ4n) is 2.73. The van der Waals surface area contributed by atoms with Crippen molar-refractivity contribution in [3.63, 3.8) is 0 Å². The van der Waals surface area contributed by atoms with Gasteiger partial charge in [0, 0.05) is 26.1 Å². The number of carbonyl (C=O) groups excluding carboxylic acids is 2. The van der Waals surface area contributed by atoms with Gasteiger partial charge in [0.1, 0.15) is 11.4 Å². The first-order valence-electron chi connectivity index (χ1n) is 8.39. The molecule has 0 aliphatic carbocycles. The summed E-state index contributed by atoms with van der Waals surface area (Å²) < 4.78 is 5.81. The average Bonchev–Trinajstić information content (AvgIpc) is 3.01. The SMILES string of the molecule is CCNC(=O)c1cc(OCCc2c(C)cccc2C)c(C(=O)NC)[nH]1. The van der Waals surface area contributed by atoms with Gasteiger partial charge in [0.05, 0.1) is 6.61 Å². The van der Waals surface area contributed by atoms with E-state index in [1.54, 1.807) is 6.07 Å². The molecule has 0 saturated heterocycles. The number of H-pyrrole nitrogens is 1. The molecule has 6 heteroatoms. The van der Waals surface area contributed by atoms with E-state index in [0.29, 0.717) is 24.6 Å². The van der Waals surface area contributed by atoms with Crippen LogP contribution in [-0.2, 0) is 6.42 Å². The highest BCUT2D eigenvalue weighted by Gasteiger charge is 2.19. The summed E-state index contributed by atoms with van der Waals surface area (Å²) in [6.45, 7) is 6.91. The molecular weight excluding hydrogens is 318 g/mol. The molecule has 6 nitrogen and oxygen atoms in total. The summed E-state index contributed by atoms with van der Waals surface area (Å²) in [5.41, 5.74) is 4.23. The first kappa shape index (κ1) is 18.6. The van der Waals surface area contributed by atoms with Crippen LogP contribution in [0.4, 0.5) is 0 Å². The minimum atomic E-state index is -0.322. The summed E-state index contributed by atoms with van der Waals surface area (Å²) >= 11 is 0. The molecule has 0 aliphatic heterocycles. The molecule has 2 amide bonds. The Bertz CT molecular complexity index is 745. The summed E-state index contributed by atoms with van der Waals surface area (Å²) in [5.74, 6) is -0.207. The zero-order valence-electron chi connectivity index (χ0n) is 15.2. The van der Waals surface area contributed by atoms with Crippen molar-refractivity contribution in [2.75, 3.05) is 20.2 Å². The standard InChI is InChI=1S/C19H25N3O3/c1-5-21-18(23)15-11-16(17(22-15)19(24)20-4)25-10-9-14-12(2)7-6-8-13(14)3/h6-8,11,22H,5,9-10H2,1-4H3,(H,20,24)(H,21,23). The van der Waals surface area contributed by atoms with Crippen LogP contribution < -0.4 is 15.4 Å². The molecule has 25 heavy (non-hydrogen) atoms. The number of amides is 2. The third-order valence-corrected chi connectivity index (χ3v) is 4.07. The lowest BCUT2D eigenvalue weighted by Crippen LogP contribution is -2.23. The molecule has 0 unspecified atom stereocenters.